The Kier molecular flexibility index (Phi) is 6.33. The molecular formula is C11H14INO6S. The van der Waals surface area contributed by atoms with Gasteiger partial charge in [0.05, 0.1) is 23.2 Å². The van der Waals surface area contributed by atoms with Crippen LogP contribution in [0.3, 0.4) is 0 Å². The lowest BCUT2D eigenvalue weighted by atomic mass is 10.2. The van der Waals surface area contributed by atoms with Crippen molar-refractivity contribution in [2.24, 2.45) is 0 Å². The summed E-state index contributed by atoms with van der Waals surface area (Å²) in [6, 6.07) is 3.79. The molecule has 0 bridgehead atoms. The van der Waals surface area contributed by atoms with Crippen LogP contribution in [0.15, 0.2) is 23.1 Å². The van der Waals surface area contributed by atoms with Crippen molar-refractivity contribution in [3.8, 4) is 0 Å². The standard InChI is InChI=1S/C11H14INO6S/c1-19-6-7(14)5-13-20(17,18)8-2-3-10(12)9(4-8)11(15)16/h2-4,7,13-14H,5-6H2,1H3,(H,15,16). The second kappa shape index (κ2) is 7.31. The summed E-state index contributed by atoms with van der Waals surface area (Å²) < 4.78 is 31.2. The highest BCUT2D eigenvalue weighted by atomic mass is 127. The van der Waals surface area contributed by atoms with Gasteiger partial charge in [0.15, 0.2) is 0 Å². The van der Waals surface area contributed by atoms with Crippen molar-refractivity contribution in [3.05, 3.63) is 27.3 Å². The lowest BCUT2D eigenvalue weighted by Gasteiger charge is -2.12. The fourth-order valence-electron chi connectivity index (χ4n) is 1.38. The van der Waals surface area contributed by atoms with Crippen molar-refractivity contribution < 1.29 is 28.2 Å². The van der Waals surface area contributed by atoms with Crippen molar-refractivity contribution in [1.82, 2.24) is 4.72 Å². The molecule has 1 aromatic rings. The maximum absolute atomic E-state index is 12.0. The van der Waals surface area contributed by atoms with Crippen molar-refractivity contribution >= 4 is 38.6 Å². The molecular weight excluding hydrogens is 401 g/mol. The number of aliphatic hydroxyl groups excluding tert-OH is 1. The predicted molar refractivity (Wildman–Crippen MR) is 79.2 cm³/mol. The van der Waals surface area contributed by atoms with Crippen LogP contribution in [0.4, 0.5) is 0 Å². The molecule has 0 aromatic heterocycles. The quantitative estimate of drug-likeness (QED) is 0.552. The molecule has 0 saturated carbocycles. The van der Waals surface area contributed by atoms with E-state index in [2.05, 4.69) is 9.46 Å². The number of sulfonamides is 1. The highest BCUT2D eigenvalue weighted by Crippen LogP contribution is 2.18. The first kappa shape index (κ1) is 17.3. The van der Waals surface area contributed by atoms with Crippen molar-refractivity contribution in [3.63, 3.8) is 0 Å². The zero-order chi connectivity index (χ0) is 15.3. The summed E-state index contributed by atoms with van der Waals surface area (Å²) >= 11 is 1.81. The molecule has 112 valence electrons. The molecule has 0 amide bonds. The van der Waals surface area contributed by atoms with E-state index in [0.29, 0.717) is 3.57 Å². The zero-order valence-electron chi connectivity index (χ0n) is 10.5. The lowest BCUT2D eigenvalue weighted by Crippen LogP contribution is -2.34. The summed E-state index contributed by atoms with van der Waals surface area (Å²) in [5.41, 5.74) is -0.0917. The third-order valence-electron chi connectivity index (χ3n) is 2.35. The maximum atomic E-state index is 12.0. The Balaban J connectivity index is 2.93. The Morgan fingerprint density at radius 1 is 1.50 bits per heavy atom. The number of halogens is 1. The monoisotopic (exact) mass is 415 g/mol. The van der Waals surface area contributed by atoms with Gasteiger partial charge >= 0.3 is 5.97 Å². The molecule has 0 aliphatic carbocycles. The Morgan fingerprint density at radius 3 is 2.70 bits per heavy atom. The fraction of sp³-hybridized carbons (Fsp3) is 0.364. The van der Waals surface area contributed by atoms with Gasteiger partial charge in [-0.05, 0) is 40.8 Å². The highest BCUT2D eigenvalue weighted by Gasteiger charge is 2.19. The molecule has 0 saturated heterocycles. The molecule has 7 nitrogen and oxygen atoms in total. The molecule has 0 aliphatic rings. The van der Waals surface area contributed by atoms with Crippen LogP contribution < -0.4 is 4.72 Å². The molecule has 9 heteroatoms. The largest absolute Gasteiger partial charge is 0.478 e. The molecule has 3 N–H and O–H groups in total. The van der Waals surface area contributed by atoms with Crippen LogP contribution >= 0.6 is 22.6 Å². The summed E-state index contributed by atoms with van der Waals surface area (Å²) in [5, 5.41) is 18.4. The molecule has 0 aliphatic heterocycles. The summed E-state index contributed by atoms with van der Waals surface area (Å²) in [6.07, 6.45) is -0.974. The molecule has 0 heterocycles. The van der Waals surface area contributed by atoms with Crippen LogP contribution in [-0.2, 0) is 14.8 Å². The van der Waals surface area contributed by atoms with E-state index in [1.807, 2.05) is 22.6 Å². The van der Waals surface area contributed by atoms with E-state index in [1.54, 1.807) is 0 Å². The second-order valence-electron chi connectivity index (χ2n) is 3.91. The molecule has 1 aromatic carbocycles. The molecule has 1 rings (SSSR count). The fourth-order valence-corrected chi connectivity index (χ4v) is 3.04. The van der Waals surface area contributed by atoms with Gasteiger partial charge in [-0.2, -0.15) is 0 Å². The average Bonchev–Trinajstić information content (AvgIpc) is 2.37. The minimum atomic E-state index is -3.88. The molecule has 1 unspecified atom stereocenters. The SMILES string of the molecule is COCC(O)CNS(=O)(=O)c1ccc(I)c(C(=O)O)c1. The Labute approximate surface area is 130 Å². The summed E-state index contributed by atoms with van der Waals surface area (Å²) in [6.45, 7) is -0.222. The number of aliphatic hydroxyl groups is 1. The Morgan fingerprint density at radius 2 is 2.15 bits per heavy atom. The van der Waals surface area contributed by atoms with Crippen LogP contribution in [0.25, 0.3) is 0 Å². The van der Waals surface area contributed by atoms with Crippen molar-refractivity contribution in [2.45, 2.75) is 11.0 Å². The Bertz CT molecular complexity index is 589. The smallest absolute Gasteiger partial charge is 0.336 e. The minimum Gasteiger partial charge on any atom is -0.478 e. The number of hydrogen-bond acceptors (Lipinski definition) is 5. The number of carboxylic acids is 1. The zero-order valence-corrected chi connectivity index (χ0v) is 13.5. The van der Waals surface area contributed by atoms with Crippen molar-refractivity contribution in [1.29, 1.82) is 0 Å². The first-order chi connectivity index (χ1) is 9.27. The van der Waals surface area contributed by atoms with Gasteiger partial charge in [0.2, 0.25) is 10.0 Å². The molecule has 20 heavy (non-hydrogen) atoms. The third-order valence-corrected chi connectivity index (χ3v) is 4.71. The highest BCUT2D eigenvalue weighted by molar-refractivity contribution is 14.1. The molecule has 1 atom stereocenters. The van der Waals surface area contributed by atoms with Crippen molar-refractivity contribution in [2.75, 3.05) is 20.3 Å². The number of ether oxygens (including phenoxy) is 1. The van der Waals surface area contributed by atoms with Gasteiger partial charge in [-0.3, -0.25) is 0 Å². The van der Waals surface area contributed by atoms with Crippen LogP contribution in [0.2, 0.25) is 0 Å². The number of nitrogens with one attached hydrogen (secondary N) is 1. The van der Waals surface area contributed by atoms with E-state index in [0.717, 1.165) is 6.07 Å². The minimum absolute atomic E-state index is 0.00438. The number of benzene rings is 1. The van der Waals surface area contributed by atoms with E-state index in [1.165, 1.54) is 19.2 Å². The number of methoxy groups -OCH3 is 1. The van der Waals surface area contributed by atoms with Crippen LogP contribution in [-0.4, -0.2) is 51.0 Å². The number of carboxylic acid groups (broad SMARTS) is 1. The number of carbonyl (C=O) groups is 1. The average molecular weight is 415 g/mol. The molecule has 0 fully saturated rings. The van der Waals surface area contributed by atoms with E-state index in [4.69, 9.17) is 5.11 Å². The lowest BCUT2D eigenvalue weighted by molar-refractivity contribution is 0.0678. The van der Waals surface area contributed by atoms with Crippen LogP contribution in [0.5, 0.6) is 0 Å². The predicted octanol–water partition coefficient (Wildman–Crippen LogP) is 0.275. The van der Waals surface area contributed by atoms with Crippen LogP contribution in [0.1, 0.15) is 10.4 Å². The summed E-state index contributed by atoms with van der Waals surface area (Å²) in [5.74, 6) is -1.20. The number of rotatable bonds is 7. The normalized spacial score (nSPS) is 13.2. The van der Waals surface area contributed by atoms with Gasteiger partial charge in [-0.15, -0.1) is 0 Å². The number of hydrogen-bond donors (Lipinski definition) is 3. The van der Waals surface area contributed by atoms with Gasteiger partial charge in [0, 0.05) is 17.2 Å². The van der Waals surface area contributed by atoms with Gasteiger partial charge in [-0.1, -0.05) is 0 Å². The number of aromatic carboxylic acids is 1. The van der Waals surface area contributed by atoms with Crippen LogP contribution in [0, 0.1) is 3.57 Å². The molecule has 0 radical (unpaired) electrons. The summed E-state index contributed by atoms with van der Waals surface area (Å²) in [7, 11) is -2.49. The summed E-state index contributed by atoms with van der Waals surface area (Å²) in [4.78, 5) is 10.8. The van der Waals surface area contributed by atoms with Gasteiger partial charge < -0.3 is 14.9 Å². The molecule has 0 spiro atoms. The van der Waals surface area contributed by atoms with Gasteiger partial charge in [-0.25, -0.2) is 17.9 Å². The first-order valence-corrected chi connectivity index (χ1v) is 8.03. The maximum Gasteiger partial charge on any atom is 0.336 e. The van der Waals surface area contributed by atoms with Gasteiger partial charge in [0.1, 0.15) is 0 Å². The Hall–Kier alpha value is -0.750. The topological polar surface area (TPSA) is 113 Å². The second-order valence-corrected chi connectivity index (χ2v) is 6.84. The van der Waals surface area contributed by atoms with E-state index < -0.39 is 22.1 Å². The van der Waals surface area contributed by atoms with E-state index in [9.17, 15) is 18.3 Å². The van der Waals surface area contributed by atoms with Gasteiger partial charge in [0.25, 0.3) is 0 Å². The van der Waals surface area contributed by atoms with E-state index in [-0.39, 0.29) is 23.6 Å². The van der Waals surface area contributed by atoms with E-state index >= 15 is 0 Å². The first-order valence-electron chi connectivity index (χ1n) is 5.47. The third kappa shape index (κ3) is 4.66.